The van der Waals surface area contributed by atoms with Crippen LogP contribution in [0, 0.1) is 0 Å². The molecule has 4 aromatic rings. The van der Waals surface area contributed by atoms with Crippen LogP contribution in [-0.2, 0) is 40.5 Å². The van der Waals surface area contributed by atoms with Crippen molar-refractivity contribution in [3.63, 3.8) is 0 Å². The predicted molar refractivity (Wildman–Crippen MR) is 210 cm³/mol. The zero-order valence-electron chi connectivity index (χ0n) is 35.1. The van der Waals surface area contributed by atoms with E-state index in [-0.39, 0.29) is 203 Å². The van der Waals surface area contributed by atoms with Crippen LogP contribution in [0.15, 0.2) is 46.2 Å². The van der Waals surface area contributed by atoms with Gasteiger partial charge in [0.25, 0.3) is 0 Å². The van der Waals surface area contributed by atoms with Crippen LogP contribution >= 0.6 is 0 Å². The molecule has 0 aliphatic heterocycles. The van der Waals surface area contributed by atoms with E-state index in [0.717, 1.165) is 24.3 Å². The first kappa shape index (κ1) is 62.6. The molecule has 0 amide bonds. The second-order valence-corrected chi connectivity index (χ2v) is 18.2. The molecule has 26 nitrogen and oxygen atoms in total. The van der Waals surface area contributed by atoms with Crippen LogP contribution in [0.4, 0.5) is 47.1 Å². The zero-order chi connectivity index (χ0) is 44.5. The van der Waals surface area contributed by atoms with Crippen molar-refractivity contribution in [3.8, 4) is 0 Å². The Kier molecular flexibility index (Phi) is 26.9. The average Bonchev–Trinajstić information content (AvgIpc) is 3.11. The predicted octanol–water partition coefficient (Wildman–Crippen LogP) is -13.0. The number of hydrogen-bond donors (Lipinski definition) is 8. The molecular formula is C30H36N12Na4O14S4. The topological polar surface area (TPSA) is 419 Å². The summed E-state index contributed by atoms with van der Waals surface area (Å²) in [6.45, 7) is 2.09. The first-order chi connectivity index (χ1) is 27.8. The summed E-state index contributed by atoms with van der Waals surface area (Å²) in [5.74, 6) is -2.83. The third-order valence-corrected chi connectivity index (χ3v) is 10.4. The minimum absolute atomic E-state index is 0. The van der Waals surface area contributed by atoms with E-state index >= 15 is 0 Å². The summed E-state index contributed by atoms with van der Waals surface area (Å²) in [5, 5.41) is 35.1. The van der Waals surface area contributed by atoms with Gasteiger partial charge in [0.05, 0.1) is 53.7 Å². The fraction of sp³-hybridized carbons (Fsp3) is 0.333. The normalized spacial score (nSPS) is 12.6. The molecule has 2 unspecified atom stereocenters. The van der Waals surface area contributed by atoms with Crippen molar-refractivity contribution in [1.82, 2.24) is 29.9 Å². The molecule has 8 N–H and O–H groups in total. The monoisotopic (exact) mass is 1010 g/mol. The van der Waals surface area contributed by atoms with Gasteiger partial charge in [0.1, 0.15) is 20.2 Å². The Labute approximate surface area is 457 Å². The molecule has 0 spiro atoms. The van der Waals surface area contributed by atoms with Gasteiger partial charge in [-0.2, -0.15) is 29.9 Å². The van der Waals surface area contributed by atoms with E-state index < -0.39 is 74.0 Å². The molecule has 64 heavy (non-hydrogen) atoms. The summed E-state index contributed by atoms with van der Waals surface area (Å²) >= 11 is 0. The van der Waals surface area contributed by atoms with Crippen LogP contribution in [-0.4, -0.2) is 142 Å². The number of nitrogens with one attached hydrogen (secondary N) is 6. The maximum Gasteiger partial charge on any atom is 1.00 e. The summed E-state index contributed by atoms with van der Waals surface area (Å²) in [6, 6.07) is 6.73. The Balaban J connectivity index is 0.00000992. The number of rotatable bonds is 22. The molecule has 2 atom stereocenters. The maximum absolute atomic E-state index is 12.4. The van der Waals surface area contributed by atoms with Gasteiger partial charge in [-0.1, -0.05) is 24.3 Å². The van der Waals surface area contributed by atoms with Gasteiger partial charge in [-0.15, -0.1) is 0 Å². The summed E-state index contributed by atoms with van der Waals surface area (Å²) in [5.41, 5.74) is -0.598. The van der Waals surface area contributed by atoms with E-state index in [9.17, 15) is 62.1 Å². The van der Waals surface area contributed by atoms with E-state index in [1.807, 2.05) is 0 Å². The van der Waals surface area contributed by atoms with Gasteiger partial charge in [-0.05, 0) is 49.2 Å². The molecule has 0 saturated carbocycles. The van der Waals surface area contributed by atoms with Crippen molar-refractivity contribution in [3.05, 3.63) is 47.5 Å². The minimum atomic E-state index is -5.23. The summed E-state index contributed by atoms with van der Waals surface area (Å²) in [4.78, 5) is 22.7. The first-order valence-electron chi connectivity index (χ1n) is 17.0. The van der Waals surface area contributed by atoms with Gasteiger partial charge in [0.2, 0.25) is 35.7 Å². The van der Waals surface area contributed by atoms with Crippen molar-refractivity contribution in [2.24, 2.45) is 0 Å². The summed E-state index contributed by atoms with van der Waals surface area (Å²) < 4.78 is 140. The molecule has 0 radical (unpaired) electrons. The zero-order valence-corrected chi connectivity index (χ0v) is 46.4. The van der Waals surface area contributed by atoms with E-state index in [2.05, 4.69) is 61.8 Å². The Morgan fingerprint density at radius 1 is 0.516 bits per heavy atom. The van der Waals surface area contributed by atoms with Gasteiger partial charge >= 0.3 is 118 Å². The third kappa shape index (κ3) is 22.6. The molecule has 0 saturated heterocycles. The number of aliphatic hydroxyl groups is 2. The maximum atomic E-state index is 12.4. The number of aliphatic hydroxyl groups excluding tert-OH is 2. The fourth-order valence-electron chi connectivity index (χ4n) is 4.60. The van der Waals surface area contributed by atoms with E-state index in [1.165, 1.54) is 38.1 Å². The van der Waals surface area contributed by atoms with Crippen molar-refractivity contribution in [2.45, 2.75) is 35.8 Å². The van der Waals surface area contributed by atoms with Gasteiger partial charge in [0, 0.05) is 37.6 Å². The number of hydrogen-bond acceptors (Lipinski definition) is 26. The molecule has 0 fully saturated rings. The van der Waals surface area contributed by atoms with E-state index in [0.29, 0.717) is 0 Å². The molecule has 2 aromatic carbocycles. The molecule has 2 heterocycles. The van der Waals surface area contributed by atoms with Gasteiger partial charge in [0.15, 0.2) is 0 Å². The van der Waals surface area contributed by atoms with Crippen LogP contribution in [0.3, 0.4) is 0 Å². The second kappa shape index (κ2) is 27.5. The van der Waals surface area contributed by atoms with Crippen LogP contribution in [0.5, 0.6) is 0 Å². The molecule has 0 aliphatic rings. The van der Waals surface area contributed by atoms with Gasteiger partial charge < -0.3 is 60.3 Å². The Morgan fingerprint density at radius 2 is 0.812 bits per heavy atom. The van der Waals surface area contributed by atoms with Crippen LogP contribution in [0.25, 0.3) is 12.2 Å². The smallest absolute Gasteiger partial charge is 0.748 e. The summed E-state index contributed by atoms with van der Waals surface area (Å²) in [7, 11) is -19.6. The van der Waals surface area contributed by atoms with Gasteiger partial charge in [-0.3, -0.25) is 0 Å². The molecular weight excluding hydrogens is 973 g/mol. The van der Waals surface area contributed by atoms with Crippen LogP contribution < -0.4 is 150 Å². The van der Waals surface area contributed by atoms with Crippen molar-refractivity contribution in [2.75, 3.05) is 69.6 Å². The fourth-order valence-corrected chi connectivity index (χ4v) is 6.70. The van der Waals surface area contributed by atoms with E-state index in [1.54, 1.807) is 0 Å². The van der Waals surface area contributed by atoms with Gasteiger partial charge in [-0.25, -0.2) is 33.7 Å². The number of anilines is 8. The molecule has 0 aliphatic carbocycles. The largest absolute Gasteiger partial charge is 1.00 e. The number of benzene rings is 2. The second-order valence-electron chi connectivity index (χ2n) is 12.4. The molecule has 0 bridgehead atoms. The molecule has 4 rings (SSSR count). The Bertz CT molecular complexity index is 2490. The number of aromatic nitrogens is 6. The van der Waals surface area contributed by atoms with Crippen LogP contribution in [0.2, 0.25) is 0 Å². The molecule has 328 valence electrons. The van der Waals surface area contributed by atoms with Crippen molar-refractivity contribution < 1.29 is 180 Å². The minimum Gasteiger partial charge on any atom is -0.748 e. The Hall–Kier alpha value is -1.44. The molecule has 34 heteroatoms. The third-order valence-electron chi connectivity index (χ3n) is 7.17. The summed E-state index contributed by atoms with van der Waals surface area (Å²) in [6.07, 6.45) is 0.420. The molecule has 2 aromatic heterocycles. The average molecular weight is 1010 g/mol. The number of nitrogens with zero attached hydrogens (tertiary/aromatic N) is 6. The van der Waals surface area contributed by atoms with Crippen molar-refractivity contribution >= 4 is 99.7 Å². The SMILES string of the molecule is CC(O)CNc1nc(NCCS(=O)(=O)[O-])nc(Nc2ccc(/C=C/c3ccc(Nc4nc(NCCS(=O)(=O)[O-])nc(NCC(C)O)n4)cc3S(=O)(=O)[O-])c(S(=O)(=O)[O-])c2)n1.[Na+].[Na+].[Na+].[Na+]. The Morgan fingerprint density at radius 3 is 1.09 bits per heavy atom. The van der Waals surface area contributed by atoms with Crippen molar-refractivity contribution in [1.29, 1.82) is 0 Å². The van der Waals surface area contributed by atoms with Crippen LogP contribution in [0.1, 0.15) is 25.0 Å². The van der Waals surface area contributed by atoms with E-state index in [4.69, 9.17) is 0 Å². The first-order valence-corrected chi connectivity index (χ1v) is 22.9. The standard InChI is InChI=1S/C30H40N12O14S4.4Na/c1-17(43)15-33-27-37-25(31-9-11-57(45,46)47)39-29(41-27)35-21-7-5-19(23(13-21)59(51,52)53)3-4-20-6-8-22(14-24(20)60(54,55)56)36-30-40-26(32-10-12-58(48,49)50)38-28(42-30)34-16-18(2)44;;;;/h3-8,13-14,17-18,43-44H,9-12,15-16H2,1-2H3,(H,45,46,47)(H,48,49,50)(H,51,52,53)(H,54,55,56)(H3,31,33,35,37,39,41)(H3,32,34,36,38,40,42);;;;/q;4*+1/p-4/b4-3+;;;;. The quantitative estimate of drug-likeness (QED) is 0.0206.